The fourth-order valence-electron chi connectivity index (χ4n) is 3.97. The van der Waals surface area contributed by atoms with Crippen molar-refractivity contribution in [1.29, 1.82) is 0 Å². The average Bonchev–Trinajstić information content (AvgIpc) is 2.93. The van der Waals surface area contributed by atoms with Crippen LogP contribution in [-0.2, 0) is 29.6 Å². The first-order valence-corrected chi connectivity index (χ1v) is 15.2. The molecule has 0 aromatic heterocycles. The Morgan fingerprint density at radius 1 is 1.00 bits per heavy atom. The van der Waals surface area contributed by atoms with Crippen LogP contribution in [0.2, 0.25) is 5.02 Å². The van der Waals surface area contributed by atoms with Crippen LogP contribution in [0.15, 0.2) is 76.5 Å². The highest BCUT2D eigenvalue weighted by molar-refractivity contribution is 7.92. The van der Waals surface area contributed by atoms with E-state index in [0.717, 1.165) is 9.87 Å². The van der Waals surface area contributed by atoms with Gasteiger partial charge < -0.3 is 14.8 Å². The van der Waals surface area contributed by atoms with Gasteiger partial charge in [-0.25, -0.2) is 16.8 Å². The van der Waals surface area contributed by atoms with Crippen molar-refractivity contribution in [2.24, 2.45) is 0 Å². The lowest BCUT2D eigenvalue weighted by Gasteiger charge is -2.27. The number of benzene rings is 3. The van der Waals surface area contributed by atoms with E-state index in [2.05, 4.69) is 5.32 Å². The number of methoxy groups -OCH3 is 1. The van der Waals surface area contributed by atoms with E-state index in [4.69, 9.17) is 21.1 Å². The van der Waals surface area contributed by atoms with Crippen LogP contribution < -0.4 is 14.4 Å². The highest BCUT2D eigenvalue weighted by Crippen LogP contribution is 2.31. The predicted octanol–water partition coefficient (Wildman–Crippen LogP) is 3.51. The van der Waals surface area contributed by atoms with Crippen molar-refractivity contribution in [3.05, 3.63) is 77.3 Å². The second-order valence-corrected chi connectivity index (χ2v) is 12.9. The van der Waals surface area contributed by atoms with Gasteiger partial charge in [0.2, 0.25) is 15.9 Å². The molecule has 0 unspecified atom stereocenters. The Morgan fingerprint density at radius 3 is 2.26 bits per heavy atom. The molecule has 39 heavy (non-hydrogen) atoms. The van der Waals surface area contributed by atoms with Gasteiger partial charge in [0.25, 0.3) is 10.0 Å². The van der Waals surface area contributed by atoms with Crippen molar-refractivity contribution >= 4 is 48.9 Å². The number of rotatable bonds is 9. The minimum atomic E-state index is -4.13. The number of carbonyl (C=O) groups is 1. The summed E-state index contributed by atoms with van der Waals surface area (Å²) in [4.78, 5) is 13.1. The molecular formula is C26H28ClN3O7S2. The molecule has 0 bridgehead atoms. The van der Waals surface area contributed by atoms with E-state index >= 15 is 0 Å². The number of nitrogens with zero attached hydrogens (tertiary/aromatic N) is 2. The lowest BCUT2D eigenvalue weighted by atomic mass is 10.2. The largest absolute Gasteiger partial charge is 0.495 e. The highest BCUT2D eigenvalue weighted by atomic mass is 35.5. The predicted molar refractivity (Wildman–Crippen MR) is 148 cm³/mol. The van der Waals surface area contributed by atoms with Gasteiger partial charge in [-0.3, -0.25) is 9.10 Å². The summed E-state index contributed by atoms with van der Waals surface area (Å²) in [7, 11) is -6.72. The van der Waals surface area contributed by atoms with Gasteiger partial charge in [0.15, 0.2) is 0 Å². The van der Waals surface area contributed by atoms with Crippen LogP contribution in [0.5, 0.6) is 5.75 Å². The minimum Gasteiger partial charge on any atom is -0.495 e. The summed E-state index contributed by atoms with van der Waals surface area (Å²) in [6.45, 7) is 2.19. The van der Waals surface area contributed by atoms with Crippen LogP contribution in [0.3, 0.4) is 0 Å². The summed E-state index contributed by atoms with van der Waals surface area (Å²) in [5.74, 6) is -0.565. The zero-order valence-electron chi connectivity index (χ0n) is 21.3. The smallest absolute Gasteiger partial charge is 0.264 e. The summed E-state index contributed by atoms with van der Waals surface area (Å²) in [5.41, 5.74) is 1.28. The second kappa shape index (κ2) is 11.9. The Bertz CT molecular complexity index is 1540. The fourth-order valence-corrected chi connectivity index (χ4v) is 7.11. The minimum absolute atomic E-state index is 0.0131. The van der Waals surface area contributed by atoms with Gasteiger partial charge in [0.1, 0.15) is 17.2 Å². The number of hydrogen-bond donors (Lipinski definition) is 1. The van der Waals surface area contributed by atoms with Crippen molar-refractivity contribution < 1.29 is 31.1 Å². The monoisotopic (exact) mass is 593 g/mol. The molecule has 1 amide bonds. The maximum absolute atomic E-state index is 13.6. The van der Waals surface area contributed by atoms with Crippen LogP contribution in [0.1, 0.15) is 5.56 Å². The molecule has 13 heteroatoms. The van der Waals surface area contributed by atoms with Gasteiger partial charge in [0, 0.05) is 23.8 Å². The molecule has 0 saturated carbocycles. The number of morpholine rings is 1. The van der Waals surface area contributed by atoms with Crippen LogP contribution in [0.25, 0.3) is 0 Å². The first-order chi connectivity index (χ1) is 18.5. The van der Waals surface area contributed by atoms with E-state index < -0.39 is 32.5 Å². The van der Waals surface area contributed by atoms with Crippen molar-refractivity contribution in [1.82, 2.24) is 4.31 Å². The zero-order chi connectivity index (χ0) is 28.2. The standard InChI is InChI=1S/C26H28ClN3O7S2/c1-19-3-10-23(11-4-19)38(32,33)30(22-8-5-20(27)6-9-22)18-26(31)28-21-7-12-24(36-2)25(17-21)39(34,35)29-13-15-37-16-14-29/h3-12,17H,13-16,18H2,1-2H3,(H,28,31). The van der Waals surface area contributed by atoms with Gasteiger partial charge in [-0.1, -0.05) is 29.3 Å². The highest BCUT2D eigenvalue weighted by Gasteiger charge is 2.31. The lowest BCUT2D eigenvalue weighted by Crippen LogP contribution is -2.40. The summed E-state index contributed by atoms with van der Waals surface area (Å²) in [6, 6.07) is 16.5. The average molecular weight is 594 g/mol. The molecule has 0 radical (unpaired) electrons. The maximum atomic E-state index is 13.6. The number of hydrogen-bond acceptors (Lipinski definition) is 7. The van der Waals surface area contributed by atoms with Crippen molar-refractivity contribution in [3.63, 3.8) is 0 Å². The molecule has 10 nitrogen and oxygen atoms in total. The number of carbonyl (C=O) groups excluding carboxylic acids is 1. The van der Waals surface area contributed by atoms with Crippen LogP contribution in [0.4, 0.5) is 11.4 Å². The number of nitrogens with one attached hydrogen (secondary N) is 1. The molecule has 1 heterocycles. The van der Waals surface area contributed by atoms with Crippen LogP contribution in [0, 0.1) is 6.92 Å². The quantitative estimate of drug-likeness (QED) is 0.403. The molecule has 0 atom stereocenters. The number of aryl methyl sites for hydroxylation is 1. The molecule has 3 aromatic carbocycles. The van der Waals surface area contributed by atoms with E-state index in [0.29, 0.717) is 5.02 Å². The Kier molecular flexibility index (Phi) is 8.82. The van der Waals surface area contributed by atoms with Crippen LogP contribution in [-0.4, -0.2) is 67.0 Å². The third-order valence-electron chi connectivity index (χ3n) is 6.05. The number of halogens is 1. The maximum Gasteiger partial charge on any atom is 0.264 e. The summed E-state index contributed by atoms with van der Waals surface area (Å²) in [6.07, 6.45) is 0. The zero-order valence-corrected chi connectivity index (χ0v) is 23.7. The second-order valence-electron chi connectivity index (χ2n) is 8.73. The fraction of sp³-hybridized carbons (Fsp3) is 0.269. The molecule has 0 aliphatic carbocycles. The van der Waals surface area contributed by atoms with Crippen molar-refractivity contribution in [2.75, 3.05) is 49.6 Å². The summed E-state index contributed by atoms with van der Waals surface area (Å²) in [5, 5.41) is 3.02. The molecule has 1 N–H and O–H groups in total. The Hall–Kier alpha value is -3.16. The number of amides is 1. The molecule has 1 aliphatic heterocycles. The Morgan fingerprint density at radius 2 is 1.64 bits per heavy atom. The molecular weight excluding hydrogens is 566 g/mol. The van der Waals surface area contributed by atoms with Crippen molar-refractivity contribution in [2.45, 2.75) is 16.7 Å². The molecule has 208 valence electrons. The van der Waals surface area contributed by atoms with Gasteiger partial charge >= 0.3 is 0 Å². The summed E-state index contributed by atoms with van der Waals surface area (Å²) >= 11 is 5.99. The Balaban J connectivity index is 1.63. The molecule has 4 rings (SSSR count). The van der Waals surface area contributed by atoms with E-state index in [9.17, 15) is 21.6 Å². The van der Waals surface area contributed by atoms with Crippen molar-refractivity contribution in [3.8, 4) is 5.75 Å². The van der Waals surface area contributed by atoms with Gasteiger partial charge in [-0.15, -0.1) is 0 Å². The number of ether oxygens (including phenoxy) is 2. The number of sulfonamides is 2. The molecule has 1 fully saturated rings. The third kappa shape index (κ3) is 6.53. The molecule has 1 saturated heterocycles. The van der Waals surface area contributed by atoms with E-state index in [1.165, 1.54) is 66.0 Å². The third-order valence-corrected chi connectivity index (χ3v) is 10.0. The molecule has 3 aromatic rings. The normalized spacial score (nSPS) is 14.5. The van der Waals surface area contributed by atoms with Crippen LogP contribution >= 0.6 is 11.6 Å². The van der Waals surface area contributed by atoms with E-state index in [-0.39, 0.29) is 53.2 Å². The SMILES string of the molecule is COc1ccc(NC(=O)CN(c2ccc(Cl)cc2)S(=O)(=O)c2ccc(C)cc2)cc1S(=O)(=O)N1CCOCC1. The lowest BCUT2D eigenvalue weighted by molar-refractivity contribution is -0.114. The molecule has 0 spiro atoms. The van der Waals surface area contributed by atoms with Gasteiger partial charge in [-0.2, -0.15) is 4.31 Å². The van der Waals surface area contributed by atoms with Gasteiger partial charge in [-0.05, 0) is 61.5 Å². The Labute approximate surface area is 233 Å². The van der Waals surface area contributed by atoms with E-state index in [1.54, 1.807) is 12.1 Å². The van der Waals surface area contributed by atoms with E-state index in [1.807, 2.05) is 6.92 Å². The summed E-state index contributed by atoms with van der Waals surface area (Å²) < 4.78 is 66.5. The molecule has 1 aliphatic rings. The first-order valence-electron chi connectivity index (χ1n) is 11.9. The topological polar surface area (TPSA) is 122 Å². The number of anilines is 2. The van der Waals surface area contributed by atoms with Gasteiger partial charge in [0.05, 0.1) is 30.9 Å². The first kappa shape index (κ1) is 28.8.